The second-order valence-electron chi connectivity index (χ2n) is 8.00. The number of rotatable bonds is 9. The molecule has 0 radical (unpaired) electrons. The molecule has 0 aliphatic heterocycles. The van der Waals surface area contributed by atoms with E-state index in [1.165, 1.54) is 18.2 Å². The van der Waals surface area contributed by atoms with Gasteiger partial charge in [-0.15, -0.1) is 13.2 Å². The molecular formula is C24H27F3N4O2. The number of ether oxygens (including phenoxy) is 1. The van der Waals surface area contributed by atoms with Crippen LogP contribution in [0.4, 0.5) is 24.9 Å². The van der Waals surface area contributed by atoms with Crippen molar-refractivity contribution in [2.75, 3.05) is 17.2 Å². The molecule has 0 bridgehead atoms. The first-order valence-electron chi connectivity index (χ1n) is 10.6. The molecule has 0 spiro atoms. The molecule has 0 aliphatic rings. The average Bonchev–Trinajstić information content (AvgIpc) is 2.75. The Bertz CT molecular complexity index is 1070. The Morgan fingerprint density at radius 1 is 1.03 bits per heavy atom. The van der Waals surface area contributed by atoms with Gasteiger partial charge in [-0.3, -0.25) is 0 Å². The SMILES string of the molecule is Cc1ccccc1CNc1cc(-c2cccc(OC(F)(F)F)c2)nc(N[C@@H](CO)C(C)C)n1. The Kier molecular flexibility index (Phi) is 7.75. The van der Waals surface area contributed by atoms with Crippen LogP contribution in [0.2, 0.25) is 0 Å². The first-order chi connectivity index (χ1) is 15.6. The standard InChI is InChI=1S/C24H27F3N4O2/c1-15(2)21(14-32)30-23-29-20(17-9-6-10-19(11-17)33-24(25,26)27)12-22(31-23)28-13-18-8-5-4-7-16(18)3/h4-12,15,21,32H,13-14H2,1-3H3,(H2,28,29,30,31)/t21-/m0/s1. The van der Waals surface area contributed by atoms with E-state index in [1.807, 2.05) is 45.0 Å². The maximum atomic E-state index is 12.7. The number of hydrogen-bond acceptors (Lipinski definition) is 6. The van der Waals surface area contributed by atoms with Crippen molar-refractivity contribution in [2.45, 2.75) is 39.7 Å². The van der Waals surface area contributed by atoms with Crippen LogP contribution in [0.15, 0.2) is 54.6 Å². The highest BCUT2D eigenvalue weighted by Gasteiger charge is 2.31. The Labute approximate surface area is 190 Å². The molecule has 0 saturated heterocycles. The average molecular weight is 461 g/mol. The van der Waals surface area contributed by atoms with Crippen LogP contribution in [0.25, 0.3) is 11.3 Å². The van der Waals surface area contributed by atoms with E-state index in [2.05, 4.69) is 25.3 Å². The quantitative estimate of drug-likeness (QED) is 0.397. The van der Waals surface area contributed by atoms with E-state index in [1.54, 1.807) is 12.1 Å². The highest BCUT2D eigenvalue weighted by Crippen LogP contribution is 2.29. The topological polar surface area (TPSA) is 79.3 Å². The summed E-state index contributed by atoms with van der Waals surface area (Å²) in [6, 6.07) is 14.9. The van der Waals surface area contributed by atoms with Crippen LogP contribution < -0.4 is 15.4 Å². The maximum absolute atomic E-state index is 12.7. The van der Waals surface area contributed by atoms with Crippen LogP contribution in [0.3, 0.4) is 0 Å². The smallest absolute Gasteiger partial charge is 0.406 e. The van der Waals surface area contributed by atoms with Gasteiger partial charge in [0.05, 0.1) is 18.3 Å². The van der Waals surface area contributed by atoms with Gasteiger partial charge in [-0.2, -0.15) is 4.98 Å². The minimum Gasteiger partial charge on any atom is -0.406 e. The Morgan fingerprint density at radius 3 is 2.45 bits per heavy atom. The summed E-state index contributed by atoms with van der Waals surface area (Å²) in [6.45, 7) is 6.30. The van der Waals surface area contributed by atoms with Gasteiger partial charge >= 0.3 is 6.36 Å². The molecule has 3 rings (SSSR count). The summed E-state index contributed by atoms with van der Waals surface area (Å²) < 4.78 is 42.0. The molecule has 3 N–H and O–H groups in total. The number of halogens is 3. The van der Waals surface area contributed by atoms with Crippen LogP contribution in [0.1, 0.15) is 25.0 Å². The number of alkyl halides is 3. The molecule has 2 aromatic carbocycles. The summed E-state index contributed by atoms with van der Waals surface area (Å²) in [6.07, 6.45) is -4.79. The number of nitrogens with one attached hydrogen (secondary N) is 2. The lowest BCUT2D eigenvalue weighted by Crippen LogP contribution is -2.30. The van der Waals surface area contributed by atoms with Crippen LogP contribution in [0.5, 0.6) is 5.75 Å². The van der Waals surface area contributed by atoms with Gasteiger partial charge in [0.2, 0.25) is 5.95 Å². The summed E-state index contributed by atoms with van der Waals surface area (Å²) in [5.41, 5.74) is 3.05. The lowest BCUT2D eigenvalue weighted by atomic mass is 10.1. The highest BCUT2D eigenvalue weighted by molar-refractivity contribution is 5.66. The van der Waals surface area contributed by atoms with Crippen molar-refractivity contribution in [3.8, 4) is 17.0 Å². The molecule has 0 fully saturated rings. The van der Waals surface area contributed by atoms with E-state index >= 15 is 0 Å². The van der Waals surface area contributed by atoms with Gasteiger partial charge in [-0.25, -0.2) is 4.98 Å². The van der Waals surface area contributed by atoms with Crippen LogP contribution >= 0.6 is 0 Å². The van der Waals surface area contributed by atoms with Crippen molar-refractivity contribution in [2.24, 2.45) is 5.92 Å². The molecule has 0 amide bonds. The van der Waals surface area contributed by atoms with Crippen LogP contribution in [-0.4, -0.2) is 34.1 Å². The molecule has 3 aromatic rings. The minimum atomic E-state index is -4.79. The fourth-order valence-electron chi connectivity index (χ4n) is 3.19. The molecule has 1 atom stereocenters. The van der Waals surface area contributed by atoms with Gasteiger partial charge in [0.1, 0.15) is 11.6 Å². The summed E-state index contributed by atoms with van der Waals surface area (Å²) in [5, 5.41) is 16.1. The van der Waals surface area contributed by atoms with Crippen molar-refractivity contribution in [1.29, 1.82) is 0 Å². The zero-order valence-electron chi connectivity index (χ0n) is 18.6. The number of aliphatic hydroxyl groups excluding tert-OH is 1. The van der Waals surface area contributed by atoms with Crippen molar-refractivity contribution in [1.82, 2.24) is 9.97 Å². The zero-order valence-corrected chi connectivity index (χ0v) is 18.6. The van der Waals surface area contributed by atoms with E-state index < -0.39 is 6.36 Å². The summed E-state index contributed by atoms with van der Waals surface area (Å²) >= 11 is 0. The van der Waals surface area contributed by atoms with E-state index in [4.69, 9.17) is 0 Å². The van der Waals surface area contributed by atoms with Gasteiger partial charge < -0.3 is 20.5 Å². The van der Waals surface area contributed by atoms with E-state index in [0.29, 0.717) is 23.6 Å². The molecule has 0 saturated carbocycles. The predicted molar refractivity (Wildman–Crippen MR) is 122 cm³/mol. The summed E-state index contributed by atoms with van der Waals surface area (Å²) in [4.78, 5) is 8.97. The fourth-order valence-corrected chi connectivity index (χ4v) is 3.19. The van der Waals surface area contributed by atoms with Crippen LogP contribution in [0, 0.1) is 12.8 Å². The van der Waals surface area contributed by atoms with Crippen molar-refractivity contribution in [3.63, 3.8) is 0 Å². The first-order valence-corrected chi connectivity index (χ1v) is 10.6. The molecule has 0 aliphatic carbocycles. The van der Waals surface area contributed by atoms with E-state index in [-0.39, 0.29) is 30.3 Å². The van der Waals surface area contributed by atoms with E-state index in [0.717, 1.165) is 11.1 Å². The number of aromatic nitrogens is 2. The van der Waals surface area contributed by atoms with Crippen LogP contribution in [-0.2, 0) is 6.54 Å². The monoisotopic (exact) mass is 460 g/mol. The van der Waals surface area contributed by atoms with Gasteiger partial charge in [-0.1, -0.05) is 50.2 Å². The summed E-state index contributed by atoms with van der Waals surface area (Å²) in [7, 11) is 0. The van der Waals surface area contributed by atoms with Gasteiger partial charge in [0.15, 0.2) is 0 Å². The second-order valence-corrected chi connectivity index (χ2v) is 8.00. The van der Waals surface area contributed by atoms with Crippen molar-refractivity contribution < 1.29 is 23.0 Å². The molecule has 6 nitrogen and oxygen atoms in total. The Balaban J connectivity index is 1.95. The zero-order chi connectivity index (χ0) is 24.0. The molecule has 1 heterocycles. The minimum absolute atomic E-state index is 0.106. The largest absolute Gasteiger partial charge is 0.573 e. The molecule has 176 valence electrons. The number of nitrogens with zero attached hydrogens (tertiary/aromatic N) is 2. The first kappa shape index (κ1) is 24.3. The van der Waals surface area contributed by atoms with Gasteiger partial charge in [-0.05, 0) is 36.1 Å². The predicted octanol–water partition coefficient (Wildman–Crippen LogP) is 5.39. The number of aliphatic hydroxyl groups is 1. The number of hydrogen-bond donors (Lipinski definition) is 3. The third-order valence-electron chi connectivity index (χ3n) is 5.13. The normalized spacial score (nSPS) is 12.5. The highest BCUT2D eigenvalue weighted by atomic mass is 19.4. The van der Waals surface area contributed by atoms with Gasteiger partial charge in [0.25, 0.3) is 0 Å². The third kappa shape index (κ3) is 7.08. The fraction of sp³-hybridized carbons (Fsp3) is 0.333. The van der Waals surface area contributed by atoms with Gasteiger partial charge in [0, 0.05) is 18.2 Å². The lowest BCUT2D eigenvalue weighted by Gasteiger charge is -2.21. The lowest BCUT2D eigenvalue weighted by molar-refractivity contribution is -0.274. The molecule has 0 unspecified atom stereocenters. The molecular weight excluding hydrogens is 433 g/mol. The second kappa shape index (κ2) is 10.5. The molecule has 33 heavy (non-hydrogen) atoms. The number of benzene rings is 2. The van der Waals surface area contributed by atoms with Crippen molar-refractivity contribution in [3.05, 3.63) is 65.7 Å². The molecule has 1 aromatic heterocycles. The van der Waals surface area contributed by atoms with Crippen molar-refractivity contribution >= 4 is 11.8 Å². The Hall–Kier alpha value is -3.33. The Morgan fingerprint density at radius 2 is 1.79 bits per heavy atom. The maximum Gasteiger partial charge on any atom is 0.573 e. The summed E-state index contributed by atoms with van der Waals surface area (Å²) in [5.74, 6) is 0.523. The molecule has 9 heteroatoms. The number of aryl methyl sites for hydroxylation is 1. The number of anilines is 2. The third-order valence-corrected chi connectivity index (χ3v) is 5.13. The van der Waals surface area contributed by atoms with E-state index in [9.17, 15) is 18.3 Å².